The third kappa shape index (κ3) is 16.5. The van der Waals surface area contributed by atoms with Gasteiger partial charge in [-0.1, -0.05) is 57.9 Å². The molecule has 1 aliphatic heterocycles. The summed E-state index contributed by atoms with van der Waals surface area (Å²) in [5, 5.41) is 9.33. The lowest BCUT2D eigenvalue weighted by Crippen LogP contribution is -2.53. The number of aromatic nitrogens is 3. The first-order valence-corrected chi connectivity index (χ1v) is 27.4. The summed E-state index contributed by atoms with van der Waals surface area (Å²) in [5.74, 6) is 1.39. The van der Waals surface area contributed by atoms with Crippen LogP contribution in [-0.4, -0.2) is 122 Å². The molecule has 3 atom stereocenters. The van der Waals surface area contributed by atoms with Crippen LogP contribution >= 0.6 is 11.3 Å². The van der Waals surface area contributed by atoms with Crippen LogP contribution < -0.4 is 25.6 Å². The minimum absolute atomic E-state index is 0.0938. The van der Waals surface area contributed by atoms with Gasteiger partial charge in [-0.2, -0.15) is 4.98 Å². The zero-order valence-corrected chi connectivity index (χ0v) is 44.6. The highest BCUT2D eigenvalue weighted by Crippen LogP contribution is 2.37. The molecule has 16 nitrogen and oxygen atoms in total. The van der Waals surface area contributed by atoms with E-state index in [4.69, 9.17) is 23.9 Å². The third-order valence-electron chi connectivity index (χ3n) is 14.1. The lowest BCUT2D eigenvalue weighted by atomic mass is 9.77. The summed E-state index contributed by atoms with van der Waals surface area (Å²) in [5.41, 5.74) is 6.41. The van der Waals surface area contributed by atoms with Crippen molar-refractivity contribution in [2.45, 2.75) is 117 Å². The Hall–Kier alpha value is -5.49. The summed E-state index contributed by atoms with van der Waals surface area (Å²) in [7, 11) is 1.92. The summed E-state index contributed by atoms with van der Waals surface area (Å²) in [4.78, 5) is 72.0. The van der Waals surface area contributed by atoms with E-state index < -0.39 is 23.3 Å². The molecule has 396 valence electrons. The van der Waals surface area contributed by atoms with Crippen molar-refractivity contribution in [1.29, 1.82) is 0 Å². The van der Waals surface area contributed by atoms with Crippen LogP contribution in [0.5, 0.6) is 5.75 Å². The lowest BCUT2D eigenvalue weighted by molar-refractivity contribution is -0.138. The smallest absolute Gasteiger partial charge is 0.246 e. The molecule has 3 heterocycles. The summed E-state index contributed by atoms with van der Waals surface area (Å²) < 4.78 is 23.2. The fourth-order valence-corrected chi connectivity index (χ4v) is 10.4. The molecule has 73 heavy (non-hydrogen) atoms. The molecule has 17 heteroatoms. The molecule has 0 radical (unpaired) electrons. The molecule has 0 saturated heterocycles. The van der Waals surface area contributed by atoms with E-state index in [1.54, 1.807) is 11.3 Å². The zero-order valence-electron chi connectivity index (χ0n) is 43.8. The van der Waals surface area contributed by atoms with Gasteiger partial charge in [-0.3, -0.25) is 19.2 Å². The van der Waals surface area contributed by atoms with Crippen molar-refractivity contribution in [3.8, 4) is 16.2 Å². The van der Waals surface area contributed by atoms with Crippen molar-refractivity contribution in [3.05, 3.63) is 77.1 Å². The van der Waals surface area contributed by atoms with Gasteiger partial charge in [-0.05, 0) is 106 Å². The largest absolute Gasteiger partial charge is 0.494 e. The van der Waals surface area contributed by atoms with E-state index in [0.29, 0.717) is 71.4 Å². The predicted octanol–water partition coefficient (Wildman–Crippen LogP) is 8.48. The molecule has 4 aromatic rings. The molecule has 2 aliphatic carbocycles. The fourth-order valence-electron chi connectivity index (χ4n) is 9.64. The first-order chi connectivity index (χ1) is 35.3. The van der Waals surface area contributed by atoms with Crippen molar-refractivity contribution < 1.29 is 38.1 Å². The quantitative estimate of drug-likeness (QED) is 0.0423. The lowest BCUT2D eigenvalue weighted by Gasteiger charge is -2.33. The molecule has 7 rings (SSSR count). The minimum Gasteiger partial charge on any atom is -0.494 e. The van der Waals surface area contributed by atoms with Gasteiger partial charge in [0.1, 0.15) is 18.2 Å². The molecule has 2 fully saturated rings. The van der Waals surface area contributed by atoms with E-state index in [-0.39, 0.29) is 36.0 Å². The van der Waals surface area contributed by atoms with E-state index in [1.165, 1.54) is 6.42 Å². The number of thiazole rings is 1. The number of hydrogen-bond donors (Lipinski definition) is 3. The van der Waals surface area contributed by atoms with Crippen LogP contribution in [0.1, 0.15) is 108 Å². The van der Waals surface area contributed by atoms with Crippen LogP contribution in [0.15, 0.2) is 60.2 Å². The van der Waals surface area contributed by atoms with Crippen LogP contribution in [0.3, 0.4) is 0 Å². The highest BCUT2D eigenvalue weighted by molar-refractivity contribution is 7.13. The molecule has 2 aromatic heterocycles. The van der Waals surface area contributed by atoms with Gasteiger partial charge < -0.3 is 44.7 Å². The average molecular weight is 1020 g/mol. The van der Waals surface area contributed by atoms with E-state index in [1.807, 2.05) is 99.9 Å². The predicted molar refractivity (Wildman–Crippen MR) is 285 cm³/mol. The topological polar surface area (TPSA) is 186 Å². The van der Waals surface area contributed by atoms with Crippen molar-refractivity contribution in [1.82, 2.24) is 30.5 Å². The Morgan fingerprint density at radius 2 is 1.51 bits per heavy atom. The van der Waals surface area contributed by atoms with Gasteiger partial charge in [0.2, 0.25) is 23.7 Å². The number of rotatable bonds is 30. The molecule has 2 saturated carbocycles. The Kier molecular flexibility index (Phi) is 21.0. The maximum atomic E-state index is 14.0. The number of hydrogen-bond acceptors (Lipinski definition) is 14. The molecule has 2 unspecified atom stereocenters. The number of amides is 3. The molecule has 3 N–H and O–H groups in total. The van der Waals surface area contributed by atoms with Crippen LogP contribution in [0.4, 0.5) is 17.5 Å². The van der Waals surface area contributed by atoms with Crippen LogP contribution in [0.2, 0.25) is 0 Å². The molecule has 3 amide bonds. The number of nitrogens with one attached hydrogen (secondary N) is 3. The minimum atomic E-state index is -0.741. The highest BCUT2D eigenvalue weighted by atomic mass is 32.1. The highest BCUT2D eigenvalue weighted by Gasteiger charge is 2.44. The fraction of sp³-hybridized carbons (Fsp3) is 0.589. The van der Waals surface area contributed by atoms with Gasteiger partial charge in [0.25, 0.3) is 0 Å². The number of ether oxygens (including phenoxy) is 4. The van der Waals surface area contributed by atoms with Gasteiger partial charge in [0.05, 0.1) is 28.7 Å². The Bertz CT molecular complexity index is 2390. The van der Waals surface area contributed by atoms with Gasteiger partial charge >= 0.3 is 0 Å². The number of Topliss-reactive ketones (excluding diaryl/α,β-unsaturated/α-hetero) is 1. The Labute approximate surface area is 436 Å². The Balaban J connectivity index is 0.681. The Morgan fingerprint density at radius 1 is 0.822 bits per heavy atom. The summed E-state index contributed by atoms with van der Waals surface area (Å²) >= 11 is 1.61. The molecule has 0 spiro atoms. The normalized spacial score (nSPS) is 16.9. The number of aryl methyl sites for hydroxylation is 1. The monoisotopic (exact) mass is 1020 g/mol. The first-order valence-electron chi connectivity index (χ1n) is 26.5. The second-order valence-electron chi connectivity index (χ2n) is 20.8. The zero-order chi connectivity index (χ0) is 51.6. The average Bonchev–Trinajstić information content (AvgIpc) is 4.14. The third-order valence-corrected chi connectivity index (χ3v) is 15.1. The van der Waals surface area contributed by atoms with Gasteiger partial charge in [-0.15, -0.1) is 11.3 Å². The number of benzene rings is 2. The first kappa shape index (κ1) is 55.3. The number of carbonyl (C=O) groups excluding carboxylic acids is 4. The molecule has 2 aromatic carbocycles. The van der Waals surface area contributed by atoms with Crippen molar-refractivity contribution in [2.24, 2.45) is 23.2 Å². The van der Waals surface area contributed by atoms with Crippen molar-refractivity contribution in [2.75, 3.05) is 83.1 Å². The van der Waals surface area contributed by atoms with E-state index >= 15 is 0 Å². The van der Waals surface area contributed by atoms with Crippen molar-refractivity contribution >= 4 is 52.3 Å². The molecular formula is C56H78N8O8S. The standard InChI is InChI=1S/C56H78N8O8S/c1-39-50(73-38-59-39)41-19-17-40(18-20-41)35-57-53(67)47-16-9-15-46(47)49(66)51(56(2,3)4)61-48(65)37-71-33-11-31-69-29-6-7-30-70-32-12-34-72-45-23-21-44(22-24-45)60-55-58-36-43-25-28-64(52(43)62-55)27-10-26-63(5)54(68)42-13-8-14-42/h17-24,36,38,42,46-47,51H,6-16,25-35,37H2,1-5H3,(H,57,67)(H,61,65)(H,58,60,62)/t46?,47-,51?/m1/s1. The molecule has 0 bridgehead atoms. The second kappa shape index (κ2) is 27.7. The van der Waals surface area contributed by atoms with Gasteiger partial charge in [0.15, 0.2) is 5.78 Å². The summed E-state index contributed by atoms with van der Waals surface area (Å²) in [6, 6.07) is 15.2. The van der Waals surface area contributed by atoms with Gasteiger partial charge in [0, 0.05) is 108 Å². The SMILES string of the molecule is Cc1ncsc1-c1ccc(CNC(=O)[C@@H]2CCCC2C(=O)C(NC(=O)COCCCOCCCCOCCCOc2ccc(Nc3ncc4c(n3)N(CCCN(C)C(=O)C3CCC3)CC4)cc2)C(C)(C)C)cc1. The van der Waals surface area contributed by atoms with Crippen LogP contribution in [0, 0.1) is 30.1 Å². The number of unbranched alkanes of at least 4 members (excludes halogenated alkanes) is 1. The Morgan fingerprint density at radius 3 is 2.19 bits per heavy atom. The molecule has 3 aliphatic rings. The van der Waals surface area contributed by atoms with E-state index in [2.05, 4.69) is 30.8 Å². The maximum absolute atomic E-state index is 14.0. The number of anilines is 3. The van der Waals surface area contributed by atoms with E-state index in [0.717, 1.165) is 116 Å². The number of carbonyl (C=O) groups is 4. The van der Waals surface area contributed by atoms with Crippen LogP contribution in [-0.2, 0) is 46.4 Å². The summed E-state index contributed by atoms with van der Waals surface area (Å²) in [6.07, 6.45) is 12.2. The van der Waals surface area contributed by atoms with E-state index in [9.17, 15) is 19.2 Å². The second-order valence-corrected chi connectivity index (χ2v) is 21.7. The number of nitrogens with zero attached hydrogens (tertiary/aromatic N) is 5. The maximum Gasteiger partial charge on any atom is 0.246 e. The van der Waals surface area contributed by atoms with Gasteiger partial charge in [-0.25, -0.2) is 9.97 Å². The van der Waals surface area contributed by atoms with Crippen LogP contribution in [0.25, 0.3) is 10.4 Å². The molecular weight excluding hydrogens is 945 g/mol. The number of fused-ring (bicyclic) bond motifs is 1. The number of ketones is 1. The summed E-state index contributed by atoms with van der Waals surface area (Å²) in [6.45, 7) is 13.9. The van der Waals surface area contributed by atoms with Crippen molar-refractivity contribution in [3.63, 3.8) is 0 Å².